The molecule has 1 spiro atoms. The fourth-order valence-electron chi connectivity index (χ4n) is 2.65. The van der Waals surface area contributed by atoms with Crippen LogP contribution in [0.1, 0.15) is 31.2 Å². The molecule has 0 unspecified atom stereocenters. The van der Waals surface area contributed by atoms with Crippen molar-refractivity contribution in [1.29, 1.82) is 0 Å². The van der Waals surface area contributed by atoms with Gasteiger partial charge in [-0.05, 0) is 43.9 Å². The molecule has 1 heterocycles. The maximum atomic E-state index is 12.7. The third kappa shape index (κ3) is 1.95. The first kappa shape index (κ1) is 12.3. The molecular weight excluding hydrogens is 259 g/mol. The van der Waals surface area contributed by atoms with Gasteiger partial charge in [0.2, 0.25) is 0 Å². The Hall–Kier alpha value is -1.72. The number of carbonyl (C=O) groups excluding carboxylic acids is 1. The lowest BCUT2D eigenvalue weighted by atomic mass is 9.98. The smallest absolute Gasteiger partial charge is 0.416 e. The SMILES string of the molecule is O=C1Nc2ccc(C(F)(F)F)cc2OC12CCCC2. The van der Waals surface area contributed by atoms with E-state index in [4.69, 9.17) is 4.74 Å². The Kier molecular flexibility index (Phi) is 2.52. The van der Waals surface area contributed by atoms with E-state index in [-0.39, 0.29) is 11.7 Å². The van der Waals surface area contributed by atoms with E-state index < -0.39 is 17.3 Å². The molecular formula is C13H12F3NO2. The second-order valence-electron chi connectivity index (χ2n) is 4.97. The molecule has 0 radical (unpaired) electrons. The van der Waals surface area contributed by atoms with E-state index in [0.29, 0.717) is 18.5 Å². The number of anilines is 1. The van der Waals surface area contributed by atoms with Crippen LogP contribution in [0.5, 0.6) is 5.75 Å². The van der Waals surface area contributed by atoms with E-state index in [9.17, 15) is 18.0 Å². The summed E-state index contributed by atoms with van der Waals surface area (Å²) in [6, 6.07) is 3.13. The highest BCUT2D eigenvalue weighted by Gasteiger charge is 2.47. The van der Waals surface area contributed by atoms with Gasteiger partial charge in [0, 0.05) is 0 Å². The van der Waals surface area contributed by atoms with Gasteiger partial charge >= 0.3 is 6.18 Å². The third-order valence-corrected chi connectivity index (χ3v) is 3.69. The highest BCUT2D eigenvalue weighted by Crippen LogP contribution is 2.43. The van der Waals surface area contributed by atoms with Crippen LogP contribution in [0.15, 0.2) is 18.2 Å². The van der Waals surface area contributed by atoms with Crippen molar-refractivity contribution in [3.8, 4) is 5.75 Å². The van der Waals surface area contributed by atoms with Crippen LogP contribution >= 0.6 is 0 Å². The zero-order chi connectivity index (χ0) is 13.7. The summed E-state index contributed by atoms with van der Waals surface area (Å²) in [5, 5.41) is 2.64. The van der Waals surface area contributed by atoms with Gasteiger partial charge in [0.1, 0.15) is 5.75 Å². The number of hydrogen-bond donors (Lipinski definition) is 1. The minimum absolute atomic E-state index is 0.108. The molecule has 1 aliphatic heterocycles. The summed E-state index contributed by atoms with van der Waals surface area (Å²) in [5.74, 6) is -0.145. The number of ether oxygens (including phenoxy) is 1. The van der Waals surface area contributed by atoms with Crippen molar-refractivity contribution in [2.24, 2.45) is 0 Å². The molecule has 2 aliphatic rings. The minimum Gasteiger partial charge on any atom is -0.475 e. The molecule has 19 heavy (non-hydrogen) atoms. The molecule has 3 nitrogen and oxygen atoms in total. The molecule has 1 aliphatic carbocycles. The van der Waals surface area contributed by atoms with Crippen LogP contribution in [0.25, 0.3) is 0 Å². The molecule has 1 saturated carbocycles. The van der Waals surface area contributed by atoms with E-state index in [1.165, 1.54) is 6.07 Å². The van der Waals surface area contributed by atoms with Crippen LogP contribution in [0.4, 0.5) is 18.9 Å². The monoisotopic (exact) mass is 271 g/mol. The highest BCUT2D eigenvalue weighted by molar-refractivity contribution is 6.01. The summed E-state index contributed by atoms with van der Waals surface area (Å²) in [7, 11) is 0. The second kappa shape index (κ2) is 3.88. The fraction of sp³-hybridized carbons (Fsp3) is 0.462. The van der Waals surface area contributed by atoms with Crippen molar-refractivity contribution in [2.45, 2.75) is 37.5 Å². The van der Waals surface area contributed by atoms with Gasteiger partial charge in [0.15, 0.2) is 5.60 Å². The number of hydrogen-bond acceptors (Lipinski definition) is 2. The zero-order valence-electron chi connectivity index (χ0n) is 10.0. The van der Waals surface area contributed by atoms with E-state index in [2.05, 4.69) is 5.32 Å². The second-order valence-corrected chi connectivity index (χ2v) is 4.97. The molecule has 1 aromatic carbocycles. The van der Waals surface area contributed by atoms with Gasteiger partial charge in [0.25, 0.3) is 5.91 Å². The minimum atomic E-state index is -4.41. The summed E-state index contributed by atoms with van der Waals surface area (Å²) in [6.45, 7) is 0. The predicted molar refractivity (Wildman–Crippen MR) is 61.9 cm³/mol. The van der Waals surface area contributed by atoms with Gasteiger partial charge in [0.05, 0.1) is 11.3 Å². The van der Waals surface area contributed by atoms with Gasteiger partial charge < -0.3 is 10.1 Å². The molecule has 0 saturated heterocycles. The van der Waals surface area contributed by atoms with Crippen LogP contribution in [-0.2, 0) is 11.0 Å². The van der Waals surface area contributed by atoms with Crippen molar-refractivity contribution < 1.29 is 22.7 Å². The Labute approximate surface area is 107 Å². The van der Waals surface area contributed by atoms with Crippen LogP contribution in [0, 0.1) is 0 Å². The summed E-state index contributed by atoms with van der Waals surface area (Å²) in [4.78, 5) is 12.0. The van der Waals surface area contributed by atoms with Gasteiger partial charge in [-0.15, -0.1) is 0 Å². The van der Waals surface area contributed by atoms with E-state index in [0.717, 1.165) is 25.0 Å². The summed E-state index contributed by atoms with van der Waals surface area (Å²) < 4.78 is 43.6. The number of fused-ring (bicyclic) bond motifs is 1. The Morgan fingerprint density at radius 2 is 1.89 bits per heavy atom. The first-order valence-electron chi connectivity index (χ1n) is 6.12. The fourth-order valence-corrected chi connectivity index (χ4v) is 2.65. The lowest BCUT2D eigenvalue weighted by Gasteiger charge is -2.34. The standard InChI is InChI=1S/C13H12F3NO2/c14-13(15,16)8-3-4-9-10(7-8)19-12(11(18)17-9)5-1-2-6-12/h3-4,7H,1-2,5-6H2,(H,17,18). The van der Waals surface area contributed by atoms with Crippen LogP contribution in [0.2, 0.25) is 0 Å². The molecule has 0 bridgehead atoms. The van der Waals surface area contributed by atoms with Gasteiger partial charge in [-0.2, -0.15) is 13.2 Å². The summed E-state index contributed by atoms with van der Waals surface area (Å²) in [5.41, 5.74) is -1.44. The van der Waals surface area contributed by atoms with Crippen molar-refractivity contribution in [1.82, 2.24) is 0 Å². The average Bonchev–Trinajstić information content (AvgIpc) is 2.78. The first-order chi connectivity index (χ1) is 8.91. The van der Waals surface area contributed by atoms with Crippen molar-refractivity contribution in [2.75, 3.05) is 5.32 Å². The van der Waals surface area contributed by atoms with Crippen LogP contribution < -0.4 is 10.1 Å². The number of benzene rings is 1. The van der Waals surface area contributed by atoms with E-state index in [1.54, 1.807) is 0 Å². The molecule has 102 valence electrons. The number of halogens is 3. The summed E-state index contributed by atoms with van der Waals surface area (Å²) >= 11 is 0. The Morgan fingerprint density at radius 3 is 2.53 bits per heavy atom. The van der Waals surface area contributed by atoms with Crippen molar-refractivity contribution in [3.63, 3.8) is 0 Å². The molecule has 0 atom stereocenters. The number of rotatable bonds is 0. The van der Waals surface area contributed by atoms with Crippen LogP contribution in [-0.4, -0.2) is 11.5 Å². The zero-order valence-corrected chi connectivity index (χ0v) is 10.0. The predicted octanol–water partition coefficient (Wildman–Crippen LogP) is 3.35. The van der Waals surface area contributed by atoms with Gasteiger partial charge in [-0.1, -0.05) is 0 Å². The maximum absolute atomic E-state index is 12.7. The number of nitrogens with one attached hydrogen (secondary N) is 1. The number of alkyl halides is 3. The quantitative estimate of drug-likeness (QED) is 0.785. The molecule has 6 heteroatoms. The Bertz CT molecular complexity index is 533. The molecule has 1 aromatic rings. The van der Waals surface area contributed by atoms with Gasteiger partial charge in [-0.3, -0.25) is 4.79 Å². The largest absolute Gasteiger partial charge is 0.475 e. The molecule has 3 rings (SSSR count). The van der Waals surface area contributed by atoms with Crippen LogP contribution in [0.3, 0.4) is 0 Å². The van der Waals surface area contributed by atoms with E-state index in [1.807, 2.05) is 0 Å². The lowest BCUT2D eigenvalue weighted by molar-refractivity contribution is -0.138. The lowest BCUT2D eigenvalue weighted by Crippen LogP contribution is -2.48. The topological polar surface area (TPSA) is 38.3 Å². The van der Waals surface area contributed by atoms with Crippen molar-refractivity contribution >= 4 is 11.6 Å². The van der Waals surface area contributed by atoms with Gasteiger partial charge in [-0.25, -0.2) is 0 Å². The average molecular weight is 271 g/mol. The molecule has 0 aromatic heterocycles. The Balaban J connectivity index is 2.00. The normalized spacial score (nSPS) is 20.9. The number of amides is 1. The summed E-state index contributed by atoms with van der Waals surface area (Å²) in [6.07, 6.45) is -1.62. The van der Waals surface area contributed by atoms with Crippen molar-refractivity contribution in [3.05, 3.63) is 23.8 Å². The first-order valence-corrected chi connectivity index (χ1v) is 6.12. The van der Waals surface area contributed by atoms with E-state index >= 15 is 0 Å². The third-order valence-electron chi connectivity index (χ3n) is 3.69. The molecule has 1 amide bonds. The Morgan fingerprint density at radius 1 is 1.21 bits per heavy atom. The number of carbonyl (C=O) groups is 1. The molecule has 1 fully saturated rings. The highest BCUT2D eigenvalue weighted by atomic mass is 19.4. The molecule has 1 N–H and O–H groups in total. The maximum Gasteiger partial charge on any atom is 0.416 e.